The number of nitrogens with zero attached hydrogens (tertiary/aromatic N) is 1. The van der Waals surface area contributed by atoms with Crippen molar-refractivity contribution >= 4 is 5.91 Å². The fourth-order valence-electron chi connectivity index (χ4n) is 2.85. The second kappa shape index (κ2) is 9.10. The molecule has 0 aliphatic carbocycles. The van der Waals surface area contributed by atoms with Crippen LogP contribution < -0.4 is 10.2 Å². The second-order valence-corrected chi connectivity index (χ2v) is 6.10. The number of carbonyl (C=O) groups excluding carboxylic acids is 1. The summed E-state index contributed by atoms with van der Waals surface area (Å²) in [5, 5.41) is 8.56. The van der Waals surface area contributed by atoms with Crippen LogP contribution in [0.2, 0.25) is 0 Å². The topological polar surface area (TPSA) is 71.5 Å². The van der Waals surface area contributed by atoms with E-state index in [1.807, 2.05) is 18.2 Å². The smallest absolute Gasteiger partial charge is 0.276 e. The third kappa shape index (κ3) is 4.67. The Kier molecular flexibility index (Phi) is 6.86. The molecule has 0 aliphatic rings. The first-order chi connectivity index (χ1) is 12.5. The highest BCUT2D eigenvalue weighted by molar-refractivity contribution is 5.93. The molecule has 26 heavy (non-hydrogen) atoms. The molecule has 5 nitrogen and oxygen atoms in total. The van der Waals surface area contributed by atoms with E-state index in [-0.39, 0.29) is 11.4 Å². The van der Waals surface area contributed by atoms with Gasteiger partial charge in [0.25, 0.3) is 11.8 Å². The number of ether oxygens (including phenoxy) is 1. The van der Waals surface area contributed by atoms with Gasteiger partial charge in [-0.15, -0.1) is 6.58 Å². The van der Waals surface area contributed by atoms with Crippen molar-refractivity contribution in [3.63, 3.8) is 0 Å². The molecule has 2 unspecified atom stereocenters. The van der Waals surface area contributed by atoms with Gasteiger partial charge in [0, 0.05) is 6.20 Å². The van der Waals surface area contributed by atoms with Gasteiger partial charge in [-0.3, -0.25) is 10.0 Å². The highest BCUT2D eigenvalue weighted by atomic mass is 19.1. The largest absolute Gasteiger partial charge is 0.436 e. The van der Waals surface area contributed by atoms with E-state index in [2.05, 4.69) is 25.4 Å². The van der Waals surface area contributed by atoms with Crippen molar-refractivity contribution < 1.29 is 19.1 Å². The molecule has 1 aromatic carbocycles. The number of pyridine rings is 1. The average molecular weight is 358 g/mol. The molecule has 0 spiro atoms. The van der Waals surface area contributed by atoms with E-state index in [9.17, 15) is 9.18 Å². The predicted molar refractivity (Wildman–Crippen MR) is 97.0 cm³/mol. The first-order valence-electron chi connectivity index (χ1n) is 8.48. The molecular weight excluding hydrogens is 335 g/mol. The lowest BCUT2D eigenvalue weighted by molar-refractivity contribution is 0.0705. The molecule has 2 N–H and O–H groups in total. The molecular formula is C20H23FN2O3. The number of nitrogens with one attached hydrogen (secondary N) is 1. The van der Waals surface area contributed by atoms with Crippen LogP contribution in [0.15, 0.2) is 49.2 Å². The normalized spacial score (nSPS) is 12.9. The summed E-state index contributed by atoms with van der Waals surface area (Å²) in [6.45, 7) is 8.16. The van der Waals surface area contributed by atoms with Crippen molar-refractivity contribution in [2.45, 2.75) is 32.6 Å². The zero-order valence-corrected chi connectivity index (χ0v) is 14.9. The molecule has 0 saturated carbocycles. The van der Waals surface area contributed by atoms with Gasteiger partial charge >= 0.3 is 0 Å². The number of aromatic nitrogens is 1. The Labute approximate surface area is 152 Å². The number of amides is 1. The van der Waals surface area contributed by atoms with E-state index in [1.165, 1.54) is 11.0 Å². The Morgan fingerprint density at radius 3 is 2.65 bits per heavy atom. The minimum absolute atomic E-state index is 0.102. The molecule has 1 aromatic heterocycles. The number of halogens is 1. The van der Waals surface area contributed by atoms with Gasteiger partial charge in [0.1, 0.15) is 5.75 Å². The van der Waals surface area contributed by atoms with E-state index >= 15 is 0 Å². The van der Waals surface area contributed by atoms with Crippen LogP contribution in [0.3, 0.4) is 0 Å². The Morgan fingerprint density at radius 1 is 1.42 bits per heavy atom. The van der Waals surface area contributed by atoms with Crippen LogP contribution in [-0.4, -0.2) is 16.1 Å². The third-order valence-corrected chi connectivity index (χ3v) is 4.49. The molecule has 1 heterocycles. The Bertz CT molecular complexity index is 762. The third-order valence-electron chi connectivity index (χ3n) is 4.49. The van der Waals surface area contributed by atoms with Crippen LogP contribution in [0.5, 0.6) is 11.6 Å². The van der Waals surface area contributed by atoms with Crippen LogP contribution in [0.25, 0.3) is 0 Å². The van der Waals surface area contributed by atoms with E-state index in [0.717, 1.165) is 25.1 Å². The Balaban J connectivity index is 2.12. The van der Waals surface area contributed by atoms with Crippen molar-refractivity contribution in [1.82, 2.24) is 10.5 Å². The summed E-state index contributed by atoms with van der Waals surface area (Å²) in [4.78, 5) is 15.0. The van der Waals surface area contributed by atoms with Gasteiger partial charge in [-0.25, -0.2) is 14.9 Å². The lowest BCUT2D eigenvalue weighted by Crippen LogP contribution is -2.19. The number of hydroxylamine groups is 1. The van der Waals surface area contributed by atoms with Crippen molar-refractivity contribution in [3.05, 3.63) is 66.1 Å². The van der Waals surface area contributed by atoms with E-state index in [4.69, 9.17) is 9.94 Å². The zero-order chi connectivity index (χ0) is 19.1. The molecule has 0 fully saturated rings. The fraction of sp³-hybridized carbons (Fsp3) is 0.300. The number of carbonyl (C=O) groups is 1. The highest BCUT2D eigenvalue weighted by Gasteiger charge is 2.17. The molecule has 138 valence electrons. The standard InChI is InChI=1S/C20H23FN2O3/c1-4-6-14(5-2)13(3)15-7-9-17(10-8-15)26-20-18(21)11-16(12-22-20)19(24)23-25/h4,7-14,25H,1,5-6H2,2-3H3,(H,23,24). The van der Waals surface area contributed by atoms with Gasteiger partial charge in [-0.05, 0) is 42.0 Å². The van der Waals surface area contributed by atoms with Crippen molar-refractivity contribution in [2.75, 3.05) is 0 Å². The summed E-state index contributed by atoms with van der Waals surface area (Å²) in [6, 6.07) is 8.39. The maximum Gasteiger partial charge on any atom is 0.276 e. The van der Waals surface area contributed by atoms with Crippen LogP contribution in [0, 0.1) is 11.7 Å². The maximum absolute atomic E-state index is 14.0. The van der Waals surface area contributed by atoms with Gasteiger partial charge in [0.2, 0.25) is 0 Å². The molecule has 2 aromatic rings. The van der Waals surface area contributed by atoms with Gasteiger partial charge in [0.05, 0.1) is 5.56 Å². The average Bonchev–Trinajstić information content (AvgIpc) is 2.67. The van der Waals surface area contributed by atoms with Crippen LogP contribution >= 0.6 is 0 Å². The first-order valence-corrected chi connectivity index (χ1v) is 8.48. The van der Waals surface area contributed by atoms with Gasteiger partial charge < -0.3 is 4.74 Å². The number of benzene rings is 1. The summed E-state index contributed by atoms with van der Waals surface area (Å²) in [7, 11) is 0. The molecule has 1 amide bonds. The lowest BCUT2D eigenvalue weighted by Gasteiger charge is -2.22. The van der Waals surface area contributed by atoms with E-state index < -0.39 is 11.7 Å². The van der Waals surface area contributed by atoms with Gasteiger partial charge in [0.15, 0.2) is 5.82 Å². The maximum atomic E-state index is 14.0. The Morgan fingerprint density at radius 2 is 2.12 bits per heavy atom. The summed E-state index contributed by atoms with van der Waals surface area (Å²) >= 11 is 0. The summed E-state index contributed by atoms with van der Waals surface area (Å²) in [6.07, 6.45) is 5.09. The molecule has 0 bridgehead atoms. The van der Waals surface area contributed by atoms with Crippen molar-refractivity contribution in [2.24, 2.45) is 5.92 Å². The second-order valence-electron chi connectivity index (χ2n) is 6.10. The molecule has 0 aliphatic heterocycles. The predicted octanol–water partition coefficient (Wildman–Crippen LogP) is 4.84. The van der Waals surface area contributed by atoms with Gasteiger partial charge in [-0.2, -0.15) is 0 Å². The SMILES string of the molecule is C=CCC(CC)C(C)c1ccc(Oc2ncc(C(=O)NO)cc2F)cc1. The molecule has 0 radical (unpaired) electrons. The summed E-state index contributed by atoms with van der Waals surface area (Å²) in [5.74, 6) is -0.532. The summed E-state index contributed by atoms with van der Waals surface area (Å²) in [5.41, 5.74) is 2.50. The Hall–Kier alpha value is -2.73. The number of hydrogen-bond acceptors (Lipinski definition) is 4. The molecule has 0 saturated heterocycles. The van der Waals surface area contributed by atoms with E-state index in [1.54, 1.807) is 12.1 Å². The molecule has 2 atom stereocenters. The van der Waals surface area contributed by atoms with Crippen LogP contribution in [-0.2, 0) is 0 Å². The minimum atomic E-state index is -0.841. The summed E-state index contributed by atoms with van der Waals surface area (Å²) < 4.78 is 19.5. The zero-order valence-electron chi connectivity index (χ0n) is 14.9. The number of hydrogen-bond donors (Lipinski definition) is 2. The van der Waals surface area contributed by atoms with Crippen LogP contribution in [0.4, 0.5) is 4.39 Å². The van der Waals surface area contributed by atoms with Crippen molar-refractivity contribution in [1.29, 1.82) is 0 Å². The van der Waals surface area contributed by atoms with Crippen LogP contribution in [0.1, 0.15) is 48.5 Å². The lowest BCUT2D eigenvalue weighted by atomic mass is 9.84. The monoisotopic (exact) mass is 358 g/mol. The number of rotatable bonds is 8. The highest BCUT2D eigenvalue weighted by Crippen LogP contribution is 2.31. The first kappa shape index (κ1) is 19.6. The minimum Gasteiger partial charge on any atom is -0.436 e. The number of allylic oxidation sites excluding steroid dienone is 1. The van der Waals surface area contributed by atoms with Crippen molar-refractivity contribution in [3.8, 4) is 11.6 Å². The van der Waals surface area contributed by atoms with Gasteiger partial charge in [-0.1, -0.05) is 38.5 Å². The molecule has 2 rings (SSSR count). The quantitative estimate of drug-likeness (QED) is 0.402. The molecule has 6 heteroatoms. The van der Waals surface area contributed by atoms with E-state index in [0.29, 0.717) is 17.6 Å². The fourth-order valence-corrected chi connectivity index (χ4v) is 2.85.